The van der Waals surface area contributed by atoms with Gasteiger partial charge in [-0.25, -0.2) is 8.78 Å². The molecule has 0 atom stereocenters. The number of carbonyl (C=O) groups is 1. The zero-order valence-electron chi connectivity index (χ0n) is 14.7. The Bertz CT molecular complexity index is 805. The third-order valence-electron chi connectivity index (χ3n) is 3.21. The standard InChI is InChI=1S/C17H20BrF2NO4Si/c1-26(2,3)25-16-14(23)15(11-7-6-10(19)9-12(11)20)24-17(16)21-13(22)5-4-8-18/h6-7,9,23H,4-5,8H2,1-3H3,(H,21,22). The maximum Gasteiger partial charge on any atom is 0.245 e. The van der Waals surface area contributed by atoms with Gasteiger partial charge in [-0.15, -0.1) is 0 Å². The van der Waals surface area contributed by atoms with Gasteiger partial charge >= 0.3 is 0 Å². The predicted molar refractivity (Wildman–Crippen MR) is 101 cm³/mol. The number of hydrogen-bond acceptors (Lipinski definition) is 4. The molecule has 0 saturated carbocycles. The van der Waals surface area contributed by atoms with Crippen LogP contribution in [0.2, 0.25) is 19.6 Å². The Labute approximate surface area is 159 Å². The van der Waals surface area contributed by atoms with Gasteiger partial charge in [0.1, 0.15) is 11.6 Å². The van der Waals surface area contributed by atoms with Crippen molar-refractivity contribution in [1.82, 2.24) is 0 Å². The van der Waals surface area contributed by atoms with Gasteiger partial charge < -0.3 is 13.9 Å². The Kier molecular flexibility index (Phi) is 6.46. The summed E-state index contributed by atoms with van der Waals surface area (Å²) in [4.78, 5) is 12.0. The fourth-order valence-corrected chi connectivity index (χ4v) is 3.25. The third-order valence-corrected chi connectivity index (χ3v) is 4.59. The highest BCUT2D eigenvalue weighted by Crippen LogP contribution is 2.47. The smallest absolute Gasteiger partial charge is 0.245 e. The quantitative estimate of drug-likeness (QED) is 0.448. The van der Waals surface area contributed by atoms with Crippen molar-refractivity contribution in [3.05, 3.63) is 29.8 Å². The van der Waals surface area contributed by atoms with Gasteiger partial charge in [-0.05, 0) is 38.2 Å². The summed E-state index contributed by atoms with van der Waals surface area (Å²) < 4.78 is 38.5. The van der Waals surface area contributed by atoms with Gasteiger partial charge in [0.2, 0.25) is 31.6 Å². The van der Waals surface area contributed by atoms with Gasteiger partial charge in [0, 0.05) is 17.8 Å². The largest absolute Gasteiger partial charge is 0.538 e. The first-order chi connectivity index (χ1) is 12.1. The topological polar surface area (TPSA) is 71.7 Å². The first kappa shape index (κ1) is 20.4. The molecule has 0 radical (unpaired) electrons. The number of anilines is 1. The summed E-state index contributed by atoms with van der Waals surface area (Å²) in [7, 11) is -2.18. The molecule has 1 aromatic heterocycles. The molecule has 9 heteroatoms. The number of hydrogen-bond donors (Lipinski definition) is 2. The highest BCUT2D eigenvalue weighted by atomic mass is 79.9. The van der Waals surface area contributed by atoms with Crippen LogP contribution in [0.15, 0.2) is 22.6 Å². The Morgan fingerprint density at radius 2 is 2.04 bits per heavy atom. The number of carbonyl (C=O) groups excluding carboxylic acids is 1. The summed E-state index contributed by atoms with van der Waals surface area (Å²) in [5, 5.41) is 13.7. The van der Waals surface area contributed by atoms with Crippen molar-refractivity contribution in [3.63, 3.8) is 0 Å². The molecule has 0 bridgehead atoms. The number of rotatable bonds is 7. The summed E-state index contributed by atoms with van der Waals surface area (Å²) in [5.41, 5.74) is -0.134. The molecule has 0 saturated heterocycles. The van der Waals surface area contributed by atoms with Crippen LogP contribution in [0.5, 0.6) is 11.5 Å². The van der Waals surface area contributed by atoms with Crippen LogP contribution in [0.4, 0.5) is 14.7 Å². The Balaban J connectivity index is 2.47. The highest BCUT2D eigenvalue weighted by molar-refractivity contribution is 9.09. The molecular formula is C17H20BrF2NO4Si. The van der Waals surface area contributed by atoms with Crippen LogP contribution >= 0.6 is 15.9 Å². The number of nitrogens with one attached hydrogen (secondary N) is 1. The second kappa shape index (κ2) is 8.21. The van der Waals surface area contributed by atoms with Crippen LogP contribution in [0.3, 0.4) is 0 Å². The van der Waals surface area contributed by atoms with Crippen LogP contribution in [-0.2, 0) is 4.79 Å². The van der Waals surface area contributed by atoms with Gasteiger partial charge in [0.25, 0.3) is 0 Å². The van der Waals surface area contributed by atoms with Crippen LogP contribution < -0.4 is 9.74 Å². The second-order valence-corrected chi connectivity index (χ2v) is 11.8. The lowest BCUT2D eigenvalue weighted by Gasteiger charge is -2.18. The molecule has 1 amide bonds. The molecule has 1 heterocycles. The van der Waals surface area contributed by atoms with E-state index in [9.17, 15) is 18.7 Å². The third kappa shape index (κ3) is 5.07. The molecule has 0 aliphatic heterocycles. The zero-order valence-corrected chi connectivity index (χ0v) is 17.2. The second-order valence-electron chi connectivity index (χ2n) is 6.62. The molecule has 0 aliphatic rings. The Hall–Kier alpha value is -1.87. The van der Waals surface area contributed by atoms with Gasteiger partial charge in [-0.3, -0.25) is 10.1 Å². The van der Waals surface area contributed by atoms with E-state index in [1.54, 1.807) is 0 Å². The van der Waals surface area contributed by atoms with Crippen LogP contribution in [-0.4, -0.2) is 24.7 Å². The predicted octanol–water partition coefficient (Wildman–Crippen LogP) is 5.26. The summed E-state index contributed by atoms with van der Waals surface area (Å²) in [6.07, 6.45) is 0.849. The molecule has 0 unspecified atom stereocenters. The molecule has 1 aromatic carbocycles. The highest BCUT2D eigenvalue weighted by Gasteiger charge is 2.29. The van der Waals surface area contributed by atoms with E-state index >= 15 is 0 Å². The minimum absolute atomic E-state index is 0.0462. The maximum atomic E-state index is 14.1. The summed E-state index contributed by atoms with van der Waals surface area (Å²) in [5.74, 6) is -2.78. The SMILES string of the molecule is C[Si](C)(C)Oc1c(NC(=O)CCCBr)oc(-c2ccc(F)cc2F)c1O. The van der Waals surface area contributed by atoms with Crippen molar-refractivity contribution in [2.24, 2.45) is 0 Å². The molecule has 2 aromatic rings. The van der Waals surface area contributed by atoms with Gasteiger partial charge in [0.15, 0.2) is 5.76 Å². The fraction of sp³-hybridized carbons (Fsp3) is 0.353. The van der Waals surface area contributed by atoms with Crippen molar-refractivity contribution < 1.29 is 27.5 Å². The Morgan fingerprint density at radius 1 is 1.35 bits per heavy atom. The number of alkyl halides is 1. The first-order valence-electron chi connectivity index (χ1n) is 7.98. The zero-order chi connectivity index (χ0) is 19.5. The molecule has 0 aliphatic carbocycles. The van der Waals surface area contributed by atoms with E-state index in [-0.39, 0.29) is 35.3 Å². The number of furan rings is 1. The minimum atomic E-state index is -2.18. The van der Waals surface area contributed by atoms with E-state index < -0.39 is 25.7 Å². The van der Waals surface area contributed by atoms with E-state index in [4.69, 9.17) is 8.84 Å². The summed E-state index contributed by atoms with van der Waals surface area (Å²) >= 11 is 3.24. The number of halogens is 3. The van der Waals surface area contributed by atoms with E-state index in [2.05, 4.69) is 21.2 Å². The molecule has 2 N–H and O–H groups in total. The summed E-state index contributed by atoms with van der Waals surface area (Å²) in [6.45, 7) is 5.65. The fourth-order valence-electron chi connectivity index (χ4n) is 2.16. The monoisotopic (exact) mass is 447 g/mol. The lowest BCUT2D eigenvalue weighted by Crippen LogP contribution is -2.29. The van der Waals surface area contributed by atoms with Crippen molar-refractivity contribution >= 4 is 36.0 Å². The lowest BCUT2D eigenvalue weighted by atomic mass is 10.1. The lowest BCUT2D eigenvalue weighted by molar-refractivity contribution is -0.116. The molecule has 26 heavy (non-hydrogen) atoms. The van der Waals surface area contributed by atoms with Gasteiger partial charge in [-0.2, -0.15) is 0 Å². The molecule has 2 rings (SSSR count). The van der Waals surface area contributed by atoms with E-state index in [1.165, 1.54) is 0 Å². The average molecular weight is 448 g/mol. The van der Waals surface area contributed by atoms with Crippen molar-refractivity contribution in [1.29, 1.82) is 0 Å². The van der Waals surface area contributed by atoms with E-state index in [0.717, 1.165) is 12.1 Å². The maximum absolute atomic E-state index is 14.1. The van der Waals surface area contributed by atoms with Crippen LogP contribution in [0.25, 0.3) is 11.3 Å². The summed E-state index contributed by atoms with van der Waals surface area (Å²) in [6, 6.07) is 2.89. The number of amides is 1. The molecule has 5 nitrogen and oxygen atoms in total. The van der Waals surface area contributed by atoms with Gasteiger partial charge in [-0.1, -0.05) is 15.9 Å². The van der Waals surface area contributed by atoms with E-state index in [0.29, 0.717) is 17.8 Å². The van der Waals surface area contributed by atoms with E-state index in [1.807, 2.05) is 19.6 Å². The normalized spacial score (nSPS) is 11.5. The van der Waals surface area contributed by atoms with Crippen molar-refractivity contribution in [3.8, 4) is 22.8 Å². The molecule has 0 spiro atoms. The molecule has 0 fully saturated rings. The van der Waals surface area contributed by atoms with Crippen molar-refractivity contribution in [2.75, 3.05) is 10.6 Å². The first-order valence-corrected chi connectivity index (χ1v) is 12.5. The van der Waals surface area contributed by atoms with Crippen LogP contribution in [0.1, 0.15) is 12.8 Å². The number of aromatic hydroxyl groups is 1. The minimum Gasteiger partial charge on any atom is -0.538 e. The Morgan fingerprint density at radius 3 is 2.62 bits per heavy atom. The molecular weight excluding hydrogens is 428 g/mol. The molecule has 142 valence electrons. The van der Waals surface area contributed by atoms with Gasteiger partial charge in [0.05, 0.1) is 5.56 Å². The average Bonchev–Trinajstić information content (AvgIpc) is 2.80. The number of benzene rings is 1. The van der Waals surface area contributed by atoms with Crippen LogP contribution in [0, 0.1) is 11.6 Å². The van der Waals surface area contributed by atoms with Crippen molar-refractivity contribution in [2.45, 2.75) is 32.5 Å².